The van der Waals surface area contributed by atoms with E-state index in [9.17, 15) is 9.59 Å². The number of aromatic carboxylic acids is 1. The van der Waals surface area contributed by atoms with E-state index in [1.807, 2.05) is 17.5 Å². The van der Waals surface area contributed by atoms with Gasteiger partial charge in [0.25, 0.3) is 0 Å². The molecule has 0 saturated heterocycles. The Labute approximate surface area is 120 Å². The number of carbonyl (C=O) groups excluding carboxylic acids is 1. The van der Waals surface area contributed by atoms with E-state index in [2.05, 4.69) is 10.3 Å². The van der Waals surface area contributed by atoms with Gasteiger partial charge in [-0.1, -0.05) is 6.07 Å². The fourth-order valence-electron chi connectivity index (χ4n) is 1.75. The summed E-state index contributed by atoms with van der Waals surface area (Å²) in [6.07, 6.45) is 3.36. The smallest absolute Gasteiger partial charge is 0.339 e. The Morgan fingerprint density at radius 1 is 1.30 bits per heavy atom. The molecule has 104 valence electrons. The number of anilines is 1. The Balaban J connectivity index is 1.87. The highest BCUT2D eigenvalue weighted by Gasteiger charge is 2.12. The number of nitrogens with one attached hydrogen (secondary N) is 1. The molecule has 0 saturated carbocycles. The summed E-state index contributed by atoms with van der Waals surface area (Å²) in [6, 6.07) is 6.95. The monoisotopic (exact) mass is 290 g/mol. The normalized spacial score (nSPS) is 10.2. The maximum atomic E-state index is 11.8. The molecule has 0 aliphatic heterocycles. The van der Waals surface area contributed by atoms with E-state index in [1.165, 1.54) is 23.2 Å². The second-order valence-corrected chi connectivity index (χ2v) is 5.22. The summed E-state index contributed by atoms with van der Waals surface area (Å²) in [7, 11) is 0. The minimum atomic E-state index is -1.10. The molecular formula is C14H14N2O3S. The van der Waals surface area contributed by atoms with Gasteiger partial charge in [-0.2, -0.15) is 0 Å². The molecule has 20 heavy (non-hydrogen) atoms. The van der Waals surface area contributed by atoms with Gasteiger partial charge in [0.1, 0.15) is 11.4 Å². The molecule has 0 unspecified atom stereocenters. The van der Waals surface area contributed by atoms with Gasteiger partial charge in [-0.05, 0) is 36.4 Å². The average Bonchev–Trinajstić information content (AvgIpc) is 2.92. The minimum Gasteiger partial charge on any atom is -0.478 e. The molecule has 1 amide bonds. The van der Waals surface area contributed by atoms with Gasteiger partial charge < -0.3 is 10.4 Å². The maximum absolute atomic E-state index is 11.8. The number of amides is 1. The third kappa shape index (κ3) is 3.89. The quantitative estimate of drug-likeness (QED) is 0.857. The zero-order valence-electron chi connectivity index (χ0n) is 10.7. The maximum Gasteiger partial charge on any atom is 0.339 e. The van der Waals surface area contributed by atoms with Gasteiger partial charge in [-0.25, -0.2) is 9.78 Å². The number of pyridine rings is 1. The Kier molecular flexibility index (Phi) is 4.84. The zero-order chi connectivity index (χ0) is 14.4. The number of carbonyl (C=O) groups is 2. The predicted octanol–water partition coefficient (Wildman–Crippen LogP) is 2.80. The minimum absolute atomic E-state index is 0.000827. The lowest BCUT2D eigenvalue weighted by Gasteiger charge is -2.06. The summed E-state index contributed by atoms with van der Waals surface area (Å²) in [5.41, 5.74) is -0.000827. The largest absolute Gasteiger partial charge is 0.478 e. The third-order valence-electron chi connectivity index (χ3n) is 2.70. The van der Waals surface area contributed by atoms with E-state index >= 15 is 0 Å². The van der Waals surface area contributed by atoms with Crippen LogP contribution in [0.2, 0.25) is 0 Å². The highest BCUT2D eigenvalue weighted by atomic mass is 32.1. The lowest BCUT2D eigenvalue weighted by molar-refractivity contribution is -0.116. The molecule has 0 atom stereocenters. The van der Waals surface area contributed by atoms with E-state index < -0.39 is 5.97 Å². The number of hydrogen-bond acceptors (Lipinski definition) is 4. The van der Waals surface area contributed by atoms with Crippen LogP contribution in [0.15, 0.2) is 35.8 Å². The van der Waals surface area contributed by atoms with Crippen molar-refractivity contribution in [2.24, 2.45) is 0 Å². The van der Waals surface area contributed by atoms with Crippen LogP contribution < -0.4 is 5.32 Å². The van der Waals surface area contributed by atoms with Crippen LogP contribution in [-0.2, 0) is 11.2 Å². The van der Waals surface area contributed by atoms with Crippen molar-refractivity contribution >= 4 is 29.0 Å². The van der Waals surface area contributed by atoms with Gasteiger partial charge in [-0.15, -0.1) is 11.3 Å². The third-order valence-corrected chi connectivity index (χ3v) is 3.64. The van der Waals surface area contributed by atoms with Crippen molar-refractivity contribution in [3.63, 3.8) is 0 Å². The topological polar surface area (TPSA) is 79.3 Å². The van der Waals surface area contributed by atoms with E-state index in [0.717, 1.165) is 12.8 Å². The summed E-state index contributed by atoms with van der Waals surface area (Å²) in [6.45, 7) is 0. The van der Waals surface area contributed by atoms with Crippen molar-refractivity contribution in [2.45, 2.75) is 19.3 Å². The van der Waals surface area contributed by atoms with E-state index in [1.54, 1.807) is 11.3 Å². The number of aryl methyl sites for hydroxylation is 1. The van der Waals surface area contributed by atoms with Crippen molar-refractivity contribution in [3.8, 4) is 0 Å². The predicted molar refractivity (Wildman–Crippen MR) is 77.1 cm³/mol. The Bertz CT molecular complexity index is 596. The van der Waals surface area contributed by atoms with Crippen LogP contribution in [0.1, 0.15) is 28.1 Å². The molecule has 5 nitrogen and oxygen atoms in total. The van der Waals surface area contributed by atoms with Crippen molar-refractivity contribution in [1.82, 2.24) is 4.98 Å². The van der Waals surface area contributed by atoms with Crippen LogP contribution in [0.3, 0.4) is 0 Å². The lowest BCUT2D eigenvalue weighted by atomic mass is 10.2. The molecule has 0 aromatic carbocycles. The molecule has 0 spiro atoms. The molecule has 0 fully saturated rings. The number of carboxylic acid groups (broad SMARTS) is 1. The summed E-state index contributed by atoms with van der Waals surface area (Å²) < 4.78 is 0. The fraction of sp³-hybridized carbons (Fsp3) is 0.214. The Hall–Kier alpha value is -2.21. The van der Waals surface area contributed by atoms with Crippen LogP contribution in [0, 0.1) is 0 Å². The first-order chi connectivity index (χ1) is 9.66. The van der Waals surface area contributed by atoms with Crippen LogP contribution in [0.4, 0.5) is 5.82 Å². The molecule has 0 aliphatic rings. The van der Waals surface area contributed by atoms with Gasteiger partial charge in [-0.3, -0.25) is 4.79 Å². The first-order valence-corrected chi connectivity index (χ1v) is 7.05. The van der Waals surface area contributed by atoms with E-state index in [0.29, 0.717) is 6.42 Å². The van der Waals surface area contributed by atoms with Gasteiger partial charge in [0.05, 0.1) is 0 Å². The highest BCUT2D eigenvalue weighted by molar-refractivity contribution is 7.09. The van der Waals surface area contributed by atoms with E-state index in [4.69, 9.17) is 5.11 Å². The number of aromatic nitrogens is 1. The number of carboxylic acids is 1. The van der Waals surface area contributed by atoms with Gasteiger partial charge in [0.2, 0.25) is 5.91 Å². The molecular weight excluding hydrogens is 276 g/mol. The zero-order valence-corrected chi connectivity index (χ0v) is 11.5. The van der Waals surface area contributed by atoms with Gasteiger partial charge >= 0.3 is 5.97 Å². The molecule has 2 aromatic heterocycles. The molecule has 2 aromatic rings. The van der Waals surface area contributed by atoms with Crippen LogP contribution in [0.25, 0.3) is 0 Å². The molecule has 2 heterocycles. The molecule has 0 bridgehead atoms. The Morgan fingerprint density at radius 3 is 2.85 bits per heavy atom. The number of rotatable bonds is 6. The van der Waals surface area contributed by atoms with Crippen molar-refractivity contribution in [2.75, 3.05) is 5.32 Å². The molecule has 2 N–H and O–H groups in total. The van der Waals surface area contributed by atoms with Crippen molar-refractivity contribution in [3.05, 3.63) is 46.3 Å². The lowest BCUT2D eigenvalue weighted by Crippen LogP contribution is -2.15. The SMILES string of the molecule is O=C(CCCc1cccs1)Nc1ncccc1C(=O)O. The number of nitrogens with zero attached hydrogens (tertiary/aromatic N) is 1. The van der Waals surface area contributed by atoms with E-state index in [-0.39, 0.29) is 17.3 Å². The second kappa shape index (κ2) is 6.81. The van der Waals surface area contributed by atoms with Crippen LogP contribution >= 0.6 is 11.3 Å². The number of hydrogen-bond donors (Lipinski definition) is 2. The molecule has 0 aliphatic carbocycles. The Morgan fingerprint density at radius 2 is 2.15 bits per heavy atom. The van der Waals surface area contributed by atoms with Crippen LogP contribution in [0.5, 0.6) is 0 Å². The average molecular weight is 290 g/mol. The summed E-state index contributed by atoms with van der Waals surface area (Å²) in [4.78, 5) is 27.9. The summed E-state index contributed by atoms with van der Waals surface area (Å²) >= 11 is 1.66. The van der Waals surface area contributed by atoms with Crippen molar-refractivity contribution < 1.29 is 14.7 Å². The molecule has 6 heteroatoms. The highest BCUT2D eigenvalue weighted by Crippen LogP contribution is 2.14. The van der Waals surface area contributed by atoms with Crippen LogP contribution in [-0.4, -0.2) is 22.0 Å². The summed E-state index contributed by atoms with van der Waals surface area (Å²) in [5.74, 6) is -1.23. The summed E-state index contributed by atoms with van der Waals surface area (Å²) in [5, 5.41) is 13.5. The van der Waals surface area contributed by atoms with Gasteiger partial charge in [0.15, 0.2) is 0 Å². The first-order valence-electron chi connectivity index (χ1n) is 6.17. The van der Waals surface area contributed by atoms with Gasteiger partial charge in [0, 0.05) is 17.5 Å². The molecule has 0 radical (unpaired) electrons. The van der Waals surface area contributed by atoms with Crippen molar-refractivity contribution in [1.29, 1.82) is 0 Å². The number of thiophene rings is 1. The molecule has 2 rings (SSSR count). The standard InChI is InChI=1S/C14H14N2O3S/c17-12(7-1-4-10-5-3-9-20-10)16-13-11(14(18)19)6-2-8-15-13/h2-3,5-6,8-9H,1,4,7H2,(H,18,19)(H,15,16,17). The second-order valence-electron chi connectivity index (χ2n) is 4.19. The fourth-order valence-corrected chi connectivity index (χ4v) is 2.50. The first kappa shape index (κ1) is 14.2.